The highest BCUT2D eigenvalue weighted by Crippen LogP contribution is 2.29. The van der Waals surface area contributed by atoms with E-state index >= 15 is 0 Å². The van der Waals surface area contributed by atoms with Crippen molar-refractivity contribution in [3.05, 3.63) is 65.2 Å². The lowest BCUT2D eigenvalue weighted by molar-refractivity contribution is -0.159. The molecule has 0 aromatic heterocycles. The molecule has 2 unspecified atom stereocenters. The third-order valence-corrected chi connectivity index (χ3v) is 6.29. The van der Waals surface area contributed by atoms with Crippen molar-refractivity contribution in [2.24, 2.45) is 0 Å². The zero-order chi connectivity index (χ0) is 25.8. The molecule has 3 rings (SSSR count). The van der Waals surface area contributed by atoms with Crippen LogP contribution in [0.1, 0.15) is 30.0 Å². The molecule has 10 heteroatoms. The average molecular weight is 495 g/mol. The van der Waals surface area contributed by atoms with Gasteiger partial charge in [0.05, 0.1) is 18.2 Å². The largest absolute Gasteiger partial charge is 0.494 e. The van der Waals surface area contributed by atoms with Crippen LogP contribution in [0.15, 0.2) is 48.5 Å². The summed E-state index contributed by atoms with van der Waals surface area (Å²) in [5.41, 5.74) is -0.606. The Morgan fingerprint density at radius 3 is 2.23 bits per heavy atom. The fraction of sp³-hybridized carbons (Fsp3) is 0.440. The number of ether oxygens (including phenoxy) is 2. The third-order valence-electron chi connectivity index (χ3n) is 6.29. The molecule has 1 aliphatic rings. The molecule has 0 radical (unpaired) electrons. The maximum Gasteiger partial charge on any atom is 0.416 e. The number of hydrogen-bond acceptors (Lipinski definition) is 4. The molecule has 2 atom stereocenters. The molecule has 2 aromatic rings. The monoisotopic (exact) mass is 494 g/mol. The molecule has 0 spiro atoms. The van der Waals surface area contributed by atoms with Crippen LogP contribution in [0, 0.1) is 0 Å². The van der Waals surface area contributed by atoms with Crippen LogP contribution in [0.2, 0.25) is 0 Å². The third kappa shape index (κ3) is 6.45. The second-order valence-electron chi connectivity index (χ2n) is 8.82. The molecule has 1 fully saturated rings. The van der Waals surface area contributed by atoms with Gasteiger partial charge in [-0.2, -0.15) is 13.2 Å². The molecule has 2 amide bonds. The van der Waals surface area contributed by atoms with E-state index in [-0.39, 0.29) is 25.0 Å². The van der Waals surface area contributed by atoms with Gasteiger partial charge in [0.1, 0.15) is 5.75 Å². The van der Waals surface area contributed by atoms with Crippen LogP contribution in [0.3, 0.4) is 0 Å². The van der Waals surface area contributed by atoms with Crippen LogP contribution in [0.4, 0.5) is 18.0 Å². The second-order valence-corrected chi connectivity index (χ2v) is 8.82. The number of rotatable bonds is 10. The number of hydrogen-bond donors (Lipinski definition) is 1. The van der Waals surface area contributed by atoms with Crippen molar-refractivity contribution in [3.63, 3.8) is 0 Å². The number of carboxylic acid groups (broad SMARTS) is 1. The van der Waals surface area contributed by atoms with Gasteiger partial charge in [-0.3, -0.25) is 0 Å². The van der Waals surface area contributed by atoms with Crippen LogP contribution in [-0.2, 0) is 28.7 Å². The molecule has 1 saturated heterocycles. The van der Waals surface area contributed by atoms with Crippen LogP contribution >= 0.6 is 0 Å². The van der Waals surface area contributed by atoms with Gasteiger partial charge < -0.3 is 24.4 Å². The first-order chi connectivity index (χ1) is 16.4. The Labute approximate surface area is 202 Å². The first-order valence-corrected chi connectivity index (χ1v) is 11.1. The SMILES string of the molecule is COC(C)(Cc1ccc(OCCC2CN(Cc3ccc(C(F)(F)F)cc3)C(=O)N2C)cc1)C(=O)O. The van der Waals surface area contributed by atoms with E-state index in [1.165, 1.54) is 26.2 Å². The zero-order valence-corrected chi connectivity index (χ0v) is 19.8. The lowest BCUT2D eigenvalue weighted by Crippen LogP contribution is -2.39. The minimum Gasteiger partial charge on any atom is -0.494 e. The van der Waals surface area contributed by atoms with E-state index in [4.69, 9.17) is 9.47 Å². The van der Waals surface area contributed by atoms with Crippen molar-refractivity contribution in [2.75, 3.05) is 27.3 Å². The number of carbonyl (C=O) groups is 2. The minimum atomic E-state index is -4.39. The summed E-state index contributed by atoms with van der Waals surface area (Å²) in [6.07, 6.45) is -3.60. The first-order valence-electron chi connectivity index (χ1n) is 11.1. The molecule has 1 aliphatic heterocycles. The average Bonchev–Trinajstić information content (AvgIpc) is 3.07. The van der Waals surface area contributed by atoms with Crippen LogP contribution in [-0.4, -0.2) is 65.9 Å². The normalized spacial score (nSPS) is 18.0. The number of aliphatic carboxylic acids is 1. The predicted octanol–water partition coefficient (Wildman–Crippen LogP) is 4.44. The summed E-state index contributed by atoms with van der Waals surface area (Å²) in [4.78, 5) is 27.2. The molecule has 190 valence electrons. The summed E-state index contributed by atoms with van der Waals surface area (Å²) in [6.45, 7) is 2.56. The van der Waals surface area contributed by atoms with Crippen molar-refractivity contribution in [2.45, 2.75) is 44.1 Å². The van der Waals surface area contributed by atoms with Gasteiger partial charge in [-0.1, -0.05) is 24.3 Å². The topological polar surface area (TPSA) is 79.3 Å². The van der Waals surface area contributed by atoms with Crippen molar-refractivity contribution in [3.8, 4) is 5.75 Å². The van der Waals surface area contributed by atoms with E-state index in [0.29, 0.717) is 30.9 Å². The number of carboxylic acids is 1. The van der Waals surface area contributed by atoms with Crippen molar-refractivity contribution in [1.82, 2.24) is 9.80 Å². The minimum absolute atomic E-state index is 0.0887. The van der Waals surface area contributed by atoms with Crippen molar-refractivity contribution in [1.29, 1.82) is 0 Å². The number of carbonyl (C=O) groups excluding carboxylic acids is 1. The number of benzene rings is 2. The Kier molecular flexibility index (Phi) is 7.94. The van der Waals surface area contributed by atoms with E-state index in [2.05, 4.69) is 0 Å². The molecule has 0 aliphatic carbocycles. The highest BCUT2D eigenvalue weighted by molar-refractivity contribution is 5.77. The number of nitrogens with zero attached hydrogens (tertiary/aromatic N) is 2. The summed E-state index contributed by atoms with van der Waals surface area (Å²) >= 11 is 0. The Morgan fingerprint density at radius 2 is 1.69 bits per heavy atom. The van der Waals surface area contributed by atoms with Crippen LogP contribution in [0.25, 0.3) is 0 Å². The fourth-order valence-corrected chi connectivity index (χ4v) is 3.91. The second kappa shape index (κ2) is 10.6. The quantitative estimate of drug-likeness (QED) is 0.528. The highest BCUT2D eigenvalue weighted by atomic mass is 19.4. The number of alkyl halides is 3. The van der Waals surface area contributed by atoms with Crippen LogP contribution in [0.5, 0.6) is 5.75 Å². The Morgan fingerprint density at radius 1 is 1.09 bits per heavy atom. The smallest absolute Gasteiger partial charge is 0.416 e. The summed E-state index contributed by atoms with van der Waals surface area (Å²) in [7, 11) is 3.06. The number of amides is 2. The molecule has 1 heterocycles. The van der Waals surface area contributed by atoms with Gasteiger partial charge >= 0.3 is 18.2 Å². The number of methoxy groups -OCH3 is 1. The van der Waals surface area contributed by atoms with Gasteiger partial charge in [-0.05, 0) is 42.3 Å². The summed E-state index contributed by atoms with van der Waals surface area (Å²) in [6, 6.07) is 11.6. The molecule has 0 saturated carbocycles. The highest BCUT2D eigenvalue weighted by Gasteiger charge is 2.35. The Bertz CT molecular complexity index is 1030. The molecule has 35 heavy (non-hydrogen) atoms. The predicted molar refractivity (Wildman–Crippen MR) is 122 cm³/mol. The van der Waals surface area contributed by atoms with Gasteiger partial charge in [-0.25, -0.2) is 9.59 Å². The molecular weight excluding hydrogens is 465 g/mol. The van der Waals surface area contributed by atoms with E-state index in [1.807, 2.05) is 0 Å². The van der Waals surface area contributed by atoms with E-state index in [1.54, 1.807) is 41.1 Å². The Balaban J connectivity index is 1.50. The lowest BCUT2D eigenvalue weighted by atomic mass is 9.96. The molecule has 0 bridgehead atoms. The maximum atomic E-state index is 12.7. The van der Waals surface area contributed by atoms with Crippen molar-refractivity contribution >= 4 is 12.0 Å². The fourth-order valence-electron chi connectivity index (χ4n) is 3.91. The van der Waals surface area contributed by atoms with Gasteiger partial charge in [0.25, 0.3) is 0 Å². The van der Waals surface area contributed by atoms with E-state index in [9.17, 15) is 27.9 Å². The molecule has 7 nitrogen and oxygen atoms in total. The molecule has 2 aromatic carbocycles. The molecular formula is C25H29F3N2O5. The van der Waals surface area contributed by atoms with Gasteiger partial charge in [0, 0.05) is 40.1 Å². The summed E-state index contributed by atoms with van der Waals surface area (Å²) < 4.78 is 49.2. The maximum absolute atomic E-state index is 12.7. The van der Waals surface area contributed by atoms with E-state index in [0.717, 1.165) is 17.7 Å². The summed E-state index contributed by atoms with van der Waals surface area (Å²) in [5, 5.41) is 9.33. The molecule has 1 N–H and O–H groups in total. The van der Waals surface area contributed by atoms with Gasteiger partial charge in [0.2, 0.25) is 0 Å². The zero-order valence-electron chi connectivity index (χ0n) is 19.8. The Hall–Kier alpha value is -3.27. The van der Waals surface area contributed by atoms with Gasteiger partial charge in [0.15, 0.2) is 5.60 Å². The number of urea groups is 1. The number of halogens is 3. The van der Waals surface area contributed by atoms with Crippen LogP contribution < -0.4 is 4.74 Å². The lowest BCUT2D eigenvalue weighted by Gasteiger charge is -2.23. The first kappa shape index (κ1) is 26.3. The standard InChI is InChI=1S/C25H29F3N2O5/c1-24(34-3,22(31)32)14-17-6-10-21(11-7-17)35-13-12-20-16-30(23(33)29(20)2)15-18-4-8-19(9-5-18)25(26,27)28/h4-11,20H,12-16H2,1-3H3,(H,31,32). The van der Waals surface area contributed by atoms with E-state index < -0.39 is 23.3 Å². The summed E-state index contributed by atoms with van der Waals surface area (Å²) in [5.74, 6) is -0.417. The van der Waals surface area contributed by atoms with Gasteiger partial charge in [-0.15, -0.1) is 0 Å². The van der Waals surface area contributed by atoms with Crippen molar-refractivity contribution < 1.29 is 37.3 Å². The number of likely N-dealkylation sites (N-methyl/N-ethyl adjacent to an activating group) is 1.